The van der Waals surface area contributed by atoms with Crippen LogP contribution >= 0.6 is 0 Å². The Bertz CT molecular complexity index is 177. The van der Waals surface area contributed by atoms with E-state index in [1.165, 1.54) is 51.6 Å². The Labute approximate surface area is 87.3 Å². The maximum atomic E-state index is 9.07. The highest BCUT2D eigenvalue weighted by atomic mass is 16.3. The maximum absolute atomic E-state index is 9.07. The highest BCUT2D eigenvalue weighted by Crippen LogP contribution is 2.43. The van der Waals surface area contributed by atoms with Crippen molar-refractivity contribution in [2.75, 3.05) is 19.7 Å². The fourth-order valence-corrected chi connectivity index (χ4v) is 3.04. The summed E-state index contributed by atoms with van der Waals surface area (Å²) in [4.78, 5) is 2.44. The number of aliphatic hydroxyl groups is 1. The molecule has 2 rings (SSSR count). The van der Waals surface area contributed by atoms with Crippen LogP contribution in [0.15, 0.2) is 0 Å². The van der Waals surface area contributed by atoms with Crippen molar-refractivity contribution >= 4 is 0 Å². The van der Waals surface area contributed by atoms with Gasteiger partial charge in [-0.3, -0.25) is 4.90 Å². The molecule has 1 saturated carbocycles. The van der Waals surface area contributed by atoms with E-state index in [1.807, 2.05) is 0 Å². The Morgan fingerprint density at radius 3 is 2.21 bits per heavy atom. The molecule has 2 aliphatic rings. The highest BCUT2D eigenvalue weighted by Gasteiger charge is 2.43. The first-order valence-corrected chi connectivity index (χ1v) is 6.11. The van der Waals surface area contributed by atoms with Crippen LogP contribution in [-0.2, 0) is 0 Å². The van der Waals surface area contributed by atoms with Crippen LogP contribution < -0.4 is 0 Å². The van der Waals surface area contributed by atoms with Crippen LogP contribution in [0.2, 0.25) is 0 Å². The molecule has 1 aliphatic carbocycles. The molecule has 0 bridgehead atoms. The third kappa shape index (κ3) is 1.96. The fourth-order valence-electron chi connectivity index (χ4n) is 3.04. The Morgan fingerprint density at radius 2 is 1.71 bits per heavy atom. The summed E-state index contributed by atoms with van der Waals surface area (Å²) in [5, 5.41) is 9.07. The van der Waals surface area contributed by atoms with Crippen LogP contribution in [0.3, 0.4) is 0 Å². The van der Waals surface area contributed by atoms with E-state index in [9.17, 15) is 0 Å². The second-order valence-electron chi connectivity index (χ2n) is 5.35. The number of rotatable bonds is 2. The molecule has 0 radical (unpaired) electrons. The molecule has 1 unspecified atom stereocenters. The molecule has 2 fully saturated rings. The van der Waals surface area contributed by atoms with Gasteiger partial charge in [-0.15, -0.1) is 0 Å². The van der Waals surface area contributed by atoms with E-state index in [4.69, 9.17) is 5.11 Å². The number of nitrogens with zero attached hydrogens (tertiary/aromatic N) is 1. The molecule has 1 N–H and O–H groups in total. The minimum absolute atomic E-state index is 0.316. The lowest BCUT2D eigenvalue weighted by atomic mass is 9.73. The predicted molar refractivity (Wildman–Crippen MR) is 58.3 cm³/mol. The van der Waals surface area contributed by atoms with Crippen molar-refractivity contribution in [3.8, 4) is 0 Å². The Hall–Kier alpha value is -0.0800. The summed E-state index contributed by atoms with van der Waals surface area (Å²) in [6.45, 7) is 4.93. The minimum Gasteiger partial charge on any atom is -0.395 e. The van der Waals surface area contributed by atoms with E-state index >= 15 is 0 Å². The standard InChI is InChI=1S/C12H23NO/c1-11(8-14)13-9-12(10-13)6-4-2-3-5-7-12/h11,14H,2-10H2,1H3. The number of hydrogen-bond donors (Lipinski definition) is 1. The van der Waals surface area contributed by atoms with Crippen molar-refractivity contribution in [3.63, 3.8) is 0 Å². The minimum atomic E-state index is 0.316. The Morgan fingerprint density at radius 1 is 1.14 bits per heavy atom. The zero-order valence-electron chi connectivity index (χ0n) is 9.34. The lowest BCUT2D eigenvalue weighted by Gasteiger charge is -2.52. The Balaban J connectivity index is 1.83. The highest BCUT2D eigenvalue weighted by molar-refractivity contribution is 4.97. The molecule has 2 nitrogen and oxygen atoms in total. The fraction of sp³-hybridized carbons (Fsp3) is 1.00. The molecule has 0 amide bonds. The normalized spacial score (nSPS) is 29.6. The molecule has 1 aliphatic heterocycles. The van der Waals surface area contributed by atoms with Crippen molar-refractivity contribution in [1.82, 2.24) is 4.90 Å². The van der Waals surface area contributed by atoms with Gasteiger partial charge in [-0.1, -0.05) is 25.7 Å². The molecule has 0 aromatic carbocycles. The van der Waals surface area contributed by atoms with Crippen molar-refractivity contribution < 1.29 is 5.11 Å². The third-order valence-corrected chi connectivity index (χ3v) is 4.13. The SMILES string of the molecule is CC(CO)N1CC2(CCCCCC2)C1. The van der Waals surface area contributed by atoms with Crippen LogP contribution in [0.1, 0.15) is 45.4 Å². The van der Waals surface area contributed by atoms with Gasteiger partial charge in [0, 0.05) is 19.1 Å². The van der Waals surface area contributed by atoms with E-state index in [-0.39, 0.29) is 0 Å². The second-order valence-corrected chi connectivity index (χ2v) is 5.35. The molecule has 1 saturated heterocycles. The summed E-state index contributed by atoms with van der Waals surface area (Å²) >= 11 is 0. The number of likely N-dealkylation sites (tertiary alicyclic amines) is 1. The van der Waals surface area contributed by atoms with Gasteiger partial charge in [0.15, 0.2) is 0 Å². The number of aliphatic hydroxyl groups excluding tert-OH is 1. The van der Waals surface area contributed by atoms with Gasteiger partial charge in [-0.2, -0.15) is 0 Å². The monoisotopic (exact) mass is 197 g/mol. The van der Waals surface area contributed by atoms with E-state index in [1.54, 1.807) is 0 Å². The third-order valence-electron chi connectivity index (χ3n) is 4.13. The molecule has 2 heteroatoms. The molecule has 14 heavy (non-hydrogen) atoms. The van der Waals surface area contributed by atoms with Crippen LogP contribution in [0.25, 0.3) is 0 Å². The first kappa shape index (κ1) is 10.4. The molecule has 0 aromatic rings. The van der Waals surface area contributed by atoms with Crippen LogP contribution in [0, 0.1) is 5.41 Å². The summed E-state index contributed by atoms with van der Waals surface area (Å²) < 4.78 is 0. The van der Waals surface area contributed by atoms with Gasteiger partial charge in [0.05, 0.1) is 6.61 Å². The summed E-state index contributed by atoms with van der Waals surface area (Å²) in [5.41, 5.74) is 0.653. The zero-order chi connectivity index (χ0) is 10.0. The molecule has 1 spiro atoms. The molecule has 1 atom stereocenters. The molecule has 82 valence electrons. The summed E-state index contributed by atoms with van der Waals surface area (Å²) in [6, 6.07) is 0.379. The van der Waals surface area contributed by atoms with Gasteiger partial charge in [0.2, 0.25) is 0 Å². The zero-order valence-corrected chi connectivity index (χ0v) is 9.34. The van der Waals surface area contributed by atoms with Gasteiger partial charge < -0.3 is 5.11 Å². The molecule has 0 aromatic heterocycles. The van der Waals surface area contributed by atoms with Crippen LogP contribution in [0.5, 0.6) is 0 Å². The van der Waals surface area contributed by atoms with Crippen LogP contribution in [0.4, 0.5) is 0 Å². The van der Waals surface area contributed by atoms with Gasteiger partial charge in [-0.05, 0) is 25.2 Å². The average Bonchev–Trinajstić information content (AvgIpc) is 2.39. The van der Waals surface area contributed by atoms with Crippen molar-refractivity contribution in [3.05, 3.63) is 0 Å². The van der Waals surface area contributed by atoms with E-state index in [0.717, 1.165) is 0 Å². The first-order valence-electron chi connectivity index (χ1n) is 6.11. The predicted octanol–water partition coefficient (Wildman–Crippen LogP) is 2.02. The quantitative estimate of drug-likeness (QED) is 0.732. The van der Waals surface area contributed by atoms with Crippen molar-refractivity contribution in [1.29, 1.82) is 0 Å². The van der Waals surface area contributed by atoms with E-state index in [0.29, 0.717) is 18.1 Å². The average molecular weight is 197 g/mol. The lowest BCUT2D eigenvalue weighted by molar-refractivity contribution is -0.0494. The lowest BCUT2D eigenvalue weighted by Crippen LogP contribution is -2.59. The van der Waals surface area contributed by atoms with Gasteiger partial charge >= 0.3 is 0 Å². The van der Waals surface area contributed by atoms with Gasteiger partial charge in [0.25, 0.3) is 0 Å². The van der Waals surface area contributed by atoms with E-state index in [2.05, 4.69) is 11.8 Å². The topological polar surface area (TPSA) is 23.5 Å². The van der Waals surface area contributed by atoms with Gasteiger partial charge in [-0.25, -0.2) is 0 Å². The molecular formula is C12H23NO. The van der Waals surface area contributed by atoms with Crippen molar-refractivity contribution in [2.24, 2.45) is 5.41 Å². The van der Waals surface area contributed by atoms with Crippen LogP contribution in [-0.4, -0.2) is 35.7 Å². The summed E-state index contributed by atoms with van der Waals surface area (Å²) in [6.07, 6.45) is 8.61. The maximum Gasteiger partial charge on any atom is 0.0584 e. The largest absolute Gasteiger partial charge is 0.395 e. The number of hydrogen-bond acceptors (Lipinski definition) is 2. The van der Waals surface area contributed by atoms with E-state index < -0.39 is 0 Å². The molecule has 1 heterocycles. The first-order chi connectivity index (χ1) is 6.76. The smallest absolute Gasteiger partial charge is 0.0584 e. The van der Waals surface area contributed by atoms with Crippen molar-refractivity contribution in [2.45, 2.75) is 51.5 Å². The van der Waals surface area contributed by atoms with Gasteiger partial charge in [0.1, 0.15) is 0 Å². The second kappa shape index (κ2) is 4.19. The summed E-state index contributed by atoms with van der Waals surface area (Å²) in [5.74, 6) is 0. The Kier molecular flexibility index (Phi) is 3.13. The summed E-state index contributed by atoms with van der Waals surface area (Å²) in [7, 11) is 0. The molecular weight excluding hydrogens is 174 g/mol.